The van der Waals surface area contributed by atoms with E-state index in [4.69, 9.17) is 11.6 Å². The van der Waals surface area contributed by atoms with E-state index in [1.165, 1.54) is 11.3 Å². The highest BCUT2D eigenvalue weighted by molar-refractivity contribution is 6.30. The summed E-state index contributed by atoms with van der Waals surface area (Å²) >= 11 is 5.77. The van der Waals surface area contributed by atoms with Crippen LogP contribution in [0.1, 0.15) is 41.5 Å². The van der Waals surface area contributed by atoms with Gasteiger partial charge >= 0.3 is 0 Å². The molecule has 2 aromatic rings. The van der Waals surface area contributed by atoms with Gasteiger partial charge in [-0.25, -0.2) is 14.4 Å². The van der Waals surface area contributed by atoms with E-state index >= 15 is 0 Å². The topological polar surface area (TPSA) is 29.0 Å². The van der Waals surface area contributed by atoms with Gasteiger partial charge < -0.3 is 0 Å². The zero-order chi connectivity index (χ0) is 15.3. The Morgan fingerprint density at radius 1 is 1.36 bits per heavy atom. The summed E-state index contributed by atoms with van der Waals surface area (Å²) in [6.45, 7) is 2.68. The summed E-state index contributed by atoms with van der Waals surface area (Å²) in [6.07, 6.45) is 5.22. The van der Waals surface area contributed by atoms with Crippen molar-refractivity contribution < 1.29 is 4.39 Å². The lowest BCUT2D eigenvalue weighted by Crippen LogP contribution is -2.37. The molecule has 1 saturated heterocycles. The largest absolute Gasteiger partial charge is 0.289 e. The molecule has 5 heteroatoms. The molecule has 2 atom stereocenters. The number of hydrogen-bond donors (Lipinski definition) is 0. The Morgan fingerprint density at radius 2 is 2.23 bits per heavy atom. The van der Waals surface area contributed by atoms with Crippen LogP contribution in [0.5, 0.6) is 0 Å². The minimum absolute atomic E-state index is 0.180. The fraction of sp³-hybridized carbons (Fsp3) is 0.412. The van der Waals surface area contributed by atoms with E-state index in [1.807, 2.05) is 19.2 Å². The molecule has 0 N–H and O–H groups in total. The van der Waals surface area contributed by atoms with Crippen LogP contribution in [0.15, 0.2) is 24.4 Å². The Bertz CT molecular complexity index is 734. The van der Waals surface area contributed by atoms with Gasteiger partial charge in [-0.1, -0.05) is 17.7 Å². The monoisotopic (exact) mass is 317 g/mol. The van der Waals surface area contributed by atoms with Crippen LogP contribution in [0.25, 0.3) is 0 Å². The quantitative estimate of drug-likeness (QED) is 0.842. The lowest BCUT2D eigenvalue weighted by Gasteiger charge is -2.35. The van der Waals surface area contributed by atoms with Crippen LogP contribution >= 0.6 is 11.6 Å². The predicted molar refractivity (Wildman–Crippen MR) is 83.2 cm³/mol. The van der Waals surface area contributed by atoms with Gasteiger partial charge in [0.1, 0.15) is 11.6 Å². The first-order chi connectivity index (χ1) is 10.6. The molecule has 3 nitrogen and oxygen atoms in total. The van der Waals surface area contributed by atoms with Gasteiger partial charge in [0.05, 0.1) is 10.7 Å². The molecule has 0 aliphatic carbocycles. The van der Waals surface area contributed by atoms with Gasteiger partial charge in [-0.05, 0) is 37.5 Å². The van der Waals surface area contributed by atoms with Crippen molar-refractivity contribution in [3.05, 3.63) is 57.9 Å². The summed E-state index contributed by atoms with van der Waals surface area (Å²) in [5.41, 5.74) is 3.41. The van der Waals surface area contributed by atoms with Crippen molar-refractivity contribution in [2.75, 3.05) is 0 Å². The second-order valence-corrected chi connectivity index (χ2v) is 6.60. The Kier molecular flexibility index (Phi) is 3.39. The molecule has 0 saturated carbocycles. The molecule has 22 heavy (non-hydrogen) atoms. The third-order valence-corrected chi connectivity index (χ3v) is 5.11. The van der Waals surface area contributed by atoms with Crippen molar-refractivity contribution in [2.24, 2.45) is 0 Å². The van der Waals surface area contributed by atoms with Crippen molar-refractivity contribution in [2.45, 2.75) is 44.8 Å². The number of fused-ring (bicyclic) bond motifs is 4. The van der Waals surface area contributed by atoms with Crippen LogP contribution in [0.2, 0.25) is 5.02 Å². The highest BCUT2D eigenvalue weighted by Gasteiger charge is 2.40. The average molecular weight is 318 g/mol. The molecule has 3 heterocycles. The fourth-order valence-corrected chi connectivity index (χ4v) is 3.89. The van der Waals surface area contributed by atoms with Gasteiger partial charge in [0.25, 0.3) is 0 Å². The normalized spacial score (nSPS) is 23.6. The molecular formula is C17H17ClFN3. The van der Waals surface area contributed by atoms with Gasteiger partial charge in [-0.3, -0.25) is 4.90 Å². The second kappa shape index (κ2) is 5.28. The summed E-state index contributed by atoms with van der Waals surface area (Å²) in [5, 5.41) is 0.180. The zero-order valence-corrected chi connectivity index (χ0v) is 13.1. The Morgan fingerprint density at radius 3 is 3.05 bits per heavy atom. The maximum Gasteiger partial charge on any atom is 0.142 e. The summed E-state index contributed by atoms with van der Waals surface area (Å²) in [4.78, 5) is 11.4. The molecule has 114 valence electrons. The van der Waals surface area contributed by atoms with Crippen LogP contribution in [0.4, 0.5) is 4.39 Å². The van der Waals surface area contributed by atoms with Gasteiger partial charge in [0.15, 0.2) is 0 Å². The molecule has 1 aromatic heterocycles. The van der Waals surface area contributed by atoms with Crippen LogP contribution in [0, 0.1) is 12.7 Å². The Hall–Kier alpha value is -1.52. The Balaban J connectivity index is 1.64. The van der Waals surface area contributed by atoms with Gasteiger partial charge in [0.2, 0.25) is 0 Å². The SMILES string of the molecule is Cc1ncc2c(n1)C[C@@H]1CC[C@@H]2N1Cc1ccc(Cl)c(F)c1. The first-order valence-corrected chi connectivity index (χ1v) is 8.01. The van der Waals surface area contributed by atoms with Crippen LogP contribution in [0.3, 0.4) is 0 Å². The van der Waals surface area contributed by atoms with E-state index in [1.54, 1.807) is 12.1 Å². The maximum atomic E-state index is 13.7. The Labute approximate surface area is 134 Å². The van der Waals surface area contributed by atoms with Crippen molar-refractivity contribution in [1.29, 1.82) is 0 Å². The lowest BCUT2D eigenvalue weighted by atomic mass is 9.98. The van der Waals surface area contributed by atoms with Crippen LogP contribution < -0.4 is 0 Å². The van der Waals surface area contributed by atoms with E-state index < -0.39 is 0 Å². The standard InChI is InChI=1S/C17H17ClFN3/c1-10-20-8-13-16(21-10)7-12-3-5-17(13)22(12)9-11-2-4-14(18)15(19)6-11/h2,4,6,8,12,17H,3,5,7,9H2,1H3/t12-,17-/m0/s1. The van der Waals surface area contributed by atoms with Gasteiger partial charge in [-0.2, -0.15) is 0 Å². The first-order valence-electron chi connectivity index (χ1n) is 7.64. The minimum atomic E-state index is -0.345. The molecule has 1 aromatic carbocycles. The molecule has 2 aliphatic rings. The van der Waals surface area contributed by atoms with E-state index in [9.17, 15) is 4.39 Å². The van der Waals surface area contributed by atoms with Crippen molar-refractivity contribution in [3.8, 4) is 0 Å². The van der Waals surface area contributed by atoms with E-state index in [2.05, 4.69) is 14.9 Å². The average Bonchev–Trinajstić information content (AvgIpc) is 2.76. The van der Waals surface area contributed by atoms with Gasteiger partial charge in [-0.15, -0.1) is 0 Å². The molecule has 2 aliphatic heterocycles. The molecule has 0 unspecified atom stereocenters. The van der Waals surface area contributed by atoms with Crippen LogP contribution in [-0.4, -0.2) is 20.9 Å². The third-order valence-electron chi connectivity index (χ3n) is 4.80. The molecule has 0 spiro atoms. The van der Waals surface area contributed by atoms with Crippen molar-refractivity contribution >= 4 is 11.6 Å². The molecule has 4 rings (SSSR count). The number of aromatic nitrogens is 2. The molecule has 2 bridgehead atoms. The number of nitrogens with zero attached hydrogens (tertiary/aromatic N) is 3. The number of rotatable bonds is 2. The zero-order valence-electron chi connectivity index (χ0n) is 12.4. The first kappa shape index (κ1) is 14.1. The molecule has 0 amide bonds. The number of halogens is 2. The fourth-order valence-electron chi connectivity index (χ4n) is 3.77. The highest BCUT2D eigenvalue weighted by atomic mass is 35.5. The highest BCUT2D eigenvalue weighted by Crippen LogP contribution is 2.43. The summed E-state index contributed by atoms with van der Waals surface area (Å²) in [7, 11) is 0. The van der Waals surface area contributed by atoms with E-state index in [-0.39, 0.29) is 10.8 Å². The summed E-state index contributed by atoms with van der Waals surface area (Å²) in [5.74, 6) is 0.495. The number of benzene rings is 1. The van der Waals surface area contributed by atoms with E-state index in [0.29, 0.717) is 12.1 Å². The molecular weight excluding hydrogens is 301 g/mol. The smallest absolute Gasteiger partial charge is 0.142 e. The summed E-state index contributed by atoms with van der Waals surface area (Å²) < 4.78 is 13.7. The molecule has 0 radical (unpaired) electrons. The summed E-state index contributed by atoms with van der Waals surface area (Å²) in [6, 6.07) is 5.94. The van der Waals surface area contributed by atoms with E-state index in [0.717, 1.165) is 37.2 Å². The number of aryl methyl sites for hydroxylation is 1. The maximum absolute atomic E-state index is 13.7. The lowest BCUT2D eigenvalue weighted by molar-refractivity contribution is 0.166. The van der Waals surface area contributed by atoms with Gasteiger partial charge in [0, 0.05) is 36.8 Å². The second-order valence-electron chi connectivity index (χ2n) is 6.19. The minimum Gasteiger partial charge on any atom is -0.289 e. The van der Waals surface area contributed by atoms with Crippen LogP contribution in [-0.2, 0) is 13.0 Å². The predicted octanol–water partition coefficient (Wildman–Crippen LogP) is 3.84. The van der Waals surface area contributed by atoms with Crippen molar-refractivity contribution in [3.63, 3.8) is 0 Å². The third kappa shape index (κ3) is 2.31. The van der Waals surface area contributed by atoms with Crippen molar-refractivity contribution in [1.82, 2.24) is 14.9 Å². The number of hydrogen-bond acceptors (Lipinski definition) is 3. The molecule has 1 fully saturated rings.